The van der Waals surface area contributed by atoms with Crippen LogP contribution in [-0.4, -0.2) is 51.7 Å². The zero-order valence-electron chi connectivity index (χ0n) is 13.5. The maximum Gasteiger partial charge on any atom is 0.240 e. The van der Waals surface area contributed by atoms with E-state index in [9.17, 15) is 8.42 Å². The van der Waals surface area contributed by atoms with E-state index in [0.717, 1.165) is 45.5 Å². The van der Waals surface area contributed by atoms with Gasteiger partial charge < -0.3 is 9.64 Å². The molecule has 3 rings (SSSR count). The maximum absolute atomic E-state index is 12.4. The SMILES string of the molecule is O=S(=O)(NC1CCN(C[C@H]2CCCCO2)CC1)c1ccccc1. The number of benzene rings is 1. The number of piperidine rings is 1. The van der Waals surface area contributed by atoms with Crippen LogP contribution in [0.5, 0.6) is 0 Å². The standard InChI is InChI=1S/C17H26N2O3S/c20-23(21,17-7-2-1-3-8-17)18-15-9-11-19(12-10-15)14-16-6-4-5-13-22-16/h1-3,7-8,15-16,18H,4-6,9-14H2/t16-/m1/s1. The van der Waals surface area contributed by atoms with Gasteiger partial charge in [-0.15, -0.1) is 0 Å². The summed E-state index contributed by atoms with van der Waals surface area (Å²) in [6, 6.07) is 8.63. The molecule has 23 heavy (non-hydrogen) atoms. The molecule has 0 amide bonds. The van der Waals surface area contributed by atoms with Crippen LogP contribution in [0.15, 0.2) is 35.2 Å². The molecule has 1 atom stereocenters. The van der Waals surface area contributed by atoms with Crippen molar-refractivity contribution in [2.45, 2.75) is 49.1 Å². The highest BCUT2D eigenvalue weighted by Crippen LogP contribution is 2.18. The minimum Gasteiger partial charge on any atom is -0.377 e. The molecule has 2 aliphatic heterocycles. The molecule has 128 valence electrons. The van der Waals surface area contributed by atoms with Crippen molar-refractivity contribution < 1.29 is 13.2 Å². The number of sulfonamides is 1. The highest BCUT2D eigenvalue weighted by atomic mass is 32.2. The first-order valence-electron chi connectivity index (χ1n) is 8.55. The smallest absolute Gasteiger partial charge is 0.240 e. The van der Waals surface area contributed by atoms with Crippen molar-refractivity contribution in [2.75, 3.05) is 26.2 Å². The molecule has 6 heteroatoms. The van der Waals surface area contributed by atoms with E-state index in [-0.39, 0.29) is 6.04 Å². The number of hydrogen-bond acceptors (Lipinski definition) is 4. The average Bonchev–Trinajstić information content (AvgIpc) is 2.58. The highest BCUT2D eigenvalue weighted by Gasteiger charge is 2.26. The Morgan fingerprint density at radius 2 is 1.83 bits per heavy atom. The van der Waals surface area contributed by atoms with Crippen LogP contribution in [0.4, 0.5) is 0 Å². The third-order valence-electron chi connectivity index (χ3n) is 4.70. The lowest BCUT2D eigenvalue weighted by Crippen LogP contribution is -2.47. The van der Waals surface area contributed by atoms with E-state index in [0.29, 0.717) is 11.0 Å². The molecule has 2 fully saturated rings. The molecule has 1 aromatic rings. The molecule has 2 aliphatic rings. The number of hydrogen-bond donors (Lipinski definition) is 1. The van der Waals surface area contributed by atoms with Gasteiger partial charge in [-0.25, -0.2) is 13.1 Å². The normalized spacial score (nSPS) is 24.6. The molecule has 0 spiro atoms. The van der Waals surface area contributed by atoms with Crippen LogP contribution < -0.4 is 4.72 Å². The maximum atomic E-state index is 12.4. The largest absolute Gasteiger partial charge is 0.377 e. The van der Waals surface area contributed by atoms with Crippen LogP contribution >= 0.6 is 0 Å². The Morgan fingerprint density at radius 3 is 2.48 bits per heavy atom. The number of nitrogens with one attached hydrogen (secondary N) is 1. The van der Waals surface area contributed by atoms with Crippen LogP contribution in [0.2, 0.25) is 0 Å². The van der Waals surface area contributed by atoms with Crippen molar-refractivity contribution >= 4 is 10.0 Å². The Morgan fingerprint density at radius 1 is 1.09 bits per heavy atom. The number of ether oxygens (including phenoxy) is 1. The summed E-state index contributed by atoms with van der Waals surface area (Å²) >= 11 is 0. The third kappa shape index (κ3) is 4.76. The number of nitrogens with zero attached hydrogens (tertiary/aromatic N) is 1. The van der Waals surface area contributed by atoms with Crippen LogP contribution in [0.3, 0.4) is 0 Å². The second-order valence-electron chi connectivity index (χ2n) is 6.50. The van der Waals surface area contributed by atoms with Gasteiger partial charge in [-0.3, -0.25) is 0 Å². The summed E-state index contributed by atoms with van der Waals surface area (Å²) in [4.78, 5) is 2.75. The van der Waals surface area contributed by atoms with Gasteiger partial charge in [0.2, 0.25) is 10.0 Å². The lowest BCUT2D eigenvalue weighted by Gasteiger charge is -2.35. The van der Waals surface area contributed by atoms with E-state index >= 15 is 0 Å². The zero-order chi connectivity index (χ0) is 16.1. The van der Waals surface area contributed by atoms with Crippen molar-refractivity contribution in [3.05, 3.63) is 30.3 Å². The number of rotatable bonds is 5. The van der Waals surface area contributed by atoms with Crippen molar-refractivity contribution in [3.8, 4) is 0 Å². The van der Waals surface area contributed by atoms with E-state index in [1.807, 2.05) is 6.07 Å². The molecule has 0 bridgehead atoms. The molecular weight excluding hydrogens is 312 g/mol. The Kier molecular flexibility index (Phi) is 5.69. The molecule has 0 radical (unpaired) electrons. The van der Waals surface area contributed by atoms with Crippen molar-refractivity contribution in [3.63, 3.8) is 0 Å². The molecule has 2 heterocycles. The number of likely N-dealkylation sites (tertiary alicyclic amines) is 1. The van der Waals surface area contributed by atoms with E-state index < -0.39 is 10.0 Å². The molecule has 5 nitrogen and oxygen atoms in total. The average molecular weight is 338 g/mol. The fourth-order valence-corrected chi connectivity index (χ4v) is 4.69. The Hall–Kier alpha value is -0.950. The molecule has 1 N–H and O–H groups in total. The lowest BCUT2D eigenvalue weighted by molar-refractivity contribution is -0.00963. The Labute approximate surface area is 139 Å². The summed E-state index contributed by atoms with van der Waals surface area (Å²) in [7, 11) is -3.40. The quantitative estimate of drug-likeness (QED) is 0.892. The van der Waals surface area contributed by atoms with Gasteiger partial charge in [0.05, 0.1) is 11.0 Å². The van der Waals surface area contributed by atoms with Crippen LogP contribution in [0.1, 0.15) is 32.1 Å². The first-order valence-corrected chi connectivity index (χ1v) is 10.0. The summed E-state index contributed by atoms with van der Waals surface area (Å²) < 4.78 is 33.4. The predicted octanol–water partition coefficient (Wildman–Crippen LogP) is 2.00. The van der Waals surface area contributed by atoms with Gasteiger partial charge in [-0.05, 0) is 57.3 Å². The molecule has 1 aromatic carbocycles. The van der Waals surface area contributed by atoms with Crippen molar-refractivity contribution in [1.82, 2.24) is 9.62 Å². The summed E-state index contributed by atoms with van der Waals surface area (Å²) in [6.07, 6.45) is 5.68. The van der Waals surface area contributed by atoms with Gasteiger partial charge in [0.25, 0.3) is 0 Å². The molecular formula is C17H26N2O3S. The van der Waals surface area contributed by atoms with Gasteiger partial charge in [0, 0.05) is 19.2 Å². The first-order chi connectivity index (χ1) is 11.1. The van der Waals surface area contributed by atoms with Crippen molar-refractivity contribution in [2.24, 2.45) is 0 Å². The topological polar surface area (TPSA) is 58.6 Å². The van der Waals surface area contributed by atoms with E-state index in [2.05, 4.69) is 9.62 Å². The minimum absolute atomic E-state index is 0.0312. The van der Waals surface area contributed by atoms with E-state index in [1.54, 1.807) is 24.3 Å². The lowest BCUT2D eigenvalue weighted by atomic mass is 10.0. The van der Waals surface area contributed by atoms with E-state index in [4.69, 9.17) is 4.74 Å². The van der Waals surface area contributed by atoms with Gasteiger partial charge in [-0.1, -0.05) is 18.2 Å². The highest BCUT2D eigenvalue weighted by molar-refractivity contribution is 7.89. The van der Waals surface area contributed by atoms with E-state index in [1.165, 1.54) is 12.8 Å². The van der Waals surface area contributed by atoms with Crippen molar-refractivity contribution in [1.29, 1.82) is 0 Å². The van der Waals surface area contributed by atoms with Gasteiger partial charge in [0.1, 0.15) is 0 Å². The molecule has 0 saturated carbocycles. The van der Waals surface area contributed by atoms with Gasteiger partial charge >= 0.3 is 0 Å². The molecule has 0 unspecified atom stereocenters. The monoisotopic (exact) mass is 338 g/mol. The second kappa shape index (κ2) is 7.75. The first kappa shape index (κ1) is 16.9. The fourth-order valence-electron chi connectivity index (χ4n) is 3.36. The Bertz CT molecular complexity index is 577. The summed E-state index contributed by atoms with van der Waals surface area (Å²) in [5, 5.41) is 0. The predicted molar refractivity (Wildman–Crippen MR) is 89.8 cm³/mol. The molecule has 0 aromatic heterocycles. The summed E-state index contributed by atoms with van der Waals surface area (Å²) in [5.41, 5.74) is 0. The van der Waals surface area contributed by atoms with Crippen LogP contribution in [-0.2, 0) is 14.8 Å². The Balaban J connectivity index is 1.47. The summed E-state index contributed by atoms with van der Waals surface area (Å²) in [6.45, 7) is 3.74. The summed E-state index contributed by atoms with van der Waals surface area (Å²) in [5.74, 6) is 0. The van der Waals surface area contributed by atoms with Gasteiger partial charge in [0.15, 0.2) is 0 Å². The zero-order valence-corrected chi connectivity index (χ0v) is 14.3. The third-order valence-corrected chi connectivity index (χ3v) is 6.24. The van der Waals surface area contributed by atoms with Crippen LogP contribution in [0, 0.1) is 0 Å². The minimum atomic E-state index is -3.40. The molecule has 2 saturated heterocycles. The fraction of sp³-hybridized carbons (Fsp3) is 0.647. The van der Waals surface area contributed by atoms with Crippen LogP contribution in [0.25, 0.3) is 0 Å². The van der Waals surface area contributed by atoms with Gasteiger partial charge in [-0.2, -0.15) is 0 Å². The second-order valence-corrected chi connectivity index (χ2v) is 8.21. The molecule has 0 aliphatic carbocycles.